The van der Waals surface area contributed by atoms with Crippen LogP contribution in [0.1, 0.15) is 17.5 Å². The zero-order valence-electron chi connectivity index (χ0n) is 14.9. The molecule has 0 bridgehead atoms. The third-order valence-electron chi connectivity index (χ3n) is 3.73. The van der Waals surface area contributed by atoms with E-state index in [1.807, 2.05) is 24.3 Å². The molecule has 0 atom stereocenters. The van der Waals surface area contributed by atoms with Crippen LogP contribution in [0.2, 0.25) is 0 Å². The second kappa shape index (κ2) is 10.4. The van der Waals surface area contributed by atoms with Crippen molar-refractivity contribution in [2.75, 3.05) is 26.8 Å². The first-order chi connectivity index (χ1) is 12.2. The largest absolute Gasteiger partial charge is 0.497 e. The highest BCUT2D eigenvalue weighted by atomic mass is 16.5. The van der Waals surface area contributed by atoms with Crippen molar-refractivity contribution in [1.82, 2.24) is 10.6 Å². The lowest BCUT2D eigenvalue weighted by molar-refractivity contribution is -0.121. The Morgan fingerprint density at radius 1 is 0.960 bits per heavy atom. The lowest BCUT2D eigenvalue weighted by Gasteiger charge is -2.09. The fourth-order valence-electron chi connectivity index (χ4n) is 2.26. The predicted octanol–water partition coefficient (Wildman–Crippen LogP) is 2.68. The highest BCUT2D eigenvalue weighted by Crippen LogP contribution is 2.16. The van der Waals surface area contributed by atoms with Crippen LogP contribution < -0.4 is 20.1 Å². The van der Waals surface area contributed by atoms with Gasteiger partial charge in [0, 0.05) is 19.5 Å². The minimum Gasteiger partial charge on any atom is -0.497 e. The molecule has 25 heavy (non-hydrogen) atoms. The number of amides is 1. The molecule has 0 spiro atoms. The van der Waals surface area contributed by atoms with Gasteiger partial charge in [-0.3, -0.25) is 4.79 Å². The number of aryl methyl sites for hydroxylation is 1. The van der Waals surface area contributed by atoms with Crippen LogP contribution >= 0.6 is 0 Å². The van der Waals surface area contributed by atoms with Crippen molar-refractivity contribution in [2.24, 2.45) is 0 Å². The summed E-state index contributed by atoms with van der Waals surface area (Å²) in [5.74, 6) is 1.57. The van der Waals surface area contributed by atoms with Gasteiger partial charge >= 0.3 is 0 Å². The van der Waals surface area contributed by atoms with E-state index in [0.29, 0.717) is 26.1 Å². The summed E-state index contributed by atoms with van der Waals surface area (Å²) in [5.41, 5.74) is 2.47. The van der Waals surface area contributed by atoms with E-state index in [2.05, 4.69) is 41.8 Å². The number of carbonyl (C=O) groups excluding carboxylic acids is 1. The molecule has 0 saturated carbocycles. The highest BCUT2D eigenvalue weighted by molar-refractivity contribution is 5.76. The van der Waals surface area contributed by atoms with Crippen molar-refractivity contribution in [3.63, 3.8) is 0 Å². The molecule has 2 aromatic rings. The molecule has 0 heterocycles. The van der Waals surface area contributed by atoms with Crippen molar-refractivity contribution in [2.45, 2.75) is 19.9 Å². The number of benzene rings is 2. The lowest BCUT2D eigenvalue weighted by atomic mass is 10.1. The van der Waals surface area contributed by atoms with Crippen LogP contribution in [-0.4, -0.2) is 32.7 Å². The van der Waals surface area contributed by atoms with Gasteiger partial charge in [0.2, 0.25) is 5.91 Å². The van der Waals surface area contributed by atoms with E-state index in [1.165, 1.54) is 11.1 Å². The van der Waals surface area contributed by atoms with Gasteiger partial charge in [-0.15, -0.1) is 0 Å². The topological polar surface area (TPSA) is 59.6 Å². The van der Waals surface area contributed by atoms with Crippen molar-refractivity contribution < 1.29 is 14.3 Å². The van der Waals surface area contributed by atoms with Crippen LogP contribution in [0.15, 0.2) is 48.5 Å². The van der Waals surface area contributed by atoms with Crippen LogP contribution in [-0.2, 0) is 11.3 Å². The average molecular weight is 342 g/mol. The number of methoxy groups -OCH3 is 1. The first-order valence-corrected chi connectivity index (χ1v) is 8.47. The first kappa shape index (κ1) is 18.8. The summed E-state index contributed by atoms with van der Waals surface area (Å²) in [5, 5.41) is 6.13. The molecular weight excluding hydrogens is 316 g/mol. The van der Waals surface area contributed by atoms with E-state index in [9.17, 15) is 4.79 Å². The second-order valence-corrected chi connectivity index (χ2v) is 5.79. The molecule has 0 fully saturated rings. The molecule has 2 rings (SSSR count). The standard InChI is InChI=1S/C20H26N2O3/c1-16-3-5-17(6-4-16)15-21-12-11-20(23)22-13-14-25-19-9-7-18(24-2)8-10-19/h3-10,21H,11-15H2,1-2H3,(H,22,23). The van der Waals surface area contributed by atoms with Crippen molar-refractivity contribution in [3.8, 4) is 11.5 Å². The third kappa shape index (κ3) is 7.27. The van der Waals surface area contributed by atoms with Gasteiger partial charge in [-0.2, -0.15) is 0 Å². The number of ether oxygens (including phenoxy) is 2. The Morgan fingerprint density at radius 2 is 1.64 bits per heavy atom. The van der Waals surface area contributed by atoms with Gasteiger partial charge in [0.1, 0.15) is 18.1 Å². The Labute approximate surface area is 149 Å². The highest BCUT2D eigenvalue weighted by Gasteiger charge is 2.01. The number of hydrogen-bond donors (Lipinski definition) is 2. The van der Waals surface area contributed by atoms with Gasteiger partial charge in [-0.25, -0.2) is 0 Å². The predicted molar refractivity (Wildman–Crippen MR) is 99.0 cm³/mol. The summed E-state index contributed by atoms with van der Waals surface area (Å²) in [6.07, 6.45) is 0.453. The van der Waals surface area contributed by atoms with Crippen molar-refractivity contribution in [1.29, 1.82) is 0 Å². The number of nitrogens with one attached hydrogen (secondary N) is 2. The van der Waals surface area contributed by atoms with E-state index in [0.717, 1.165) is 18.0 Å². The minimum atomic E-state index is 0.0229. The zero-order chi connectivity index (χ0) is 17.9. The van der Waals surface area contributed by atoms with E-state index >= 15 is 0 Å². The molecule has 1 amide bonds. The fraction of sp³-hybridized carbons (Fsp3) is 0.350. The maximum Gasteiger partial charge on any atom is 0.221 e. The van der Waals surface area contributed by atoms with Crippen molar-refractivity contribution >= 4 is 5.91 Å². The Hall–Kier alpha value is -2.53. The maximum atomic E-state index is 11.8. The SMILES string of the molecule is COc1ccc(OCCNC(=O)CCNCc2ccc(C)cc2)cc1. The number of hydrogen-bond acceptors (Lipinski definition) is 4. The molecule has 0 radical (unpaired) electrons. The molecule has 0 aliphatic carbocycles. The quantitative estimate of drug-likeness (QED) is 0.652. The smallest absolute Gasteiger partial charge is 0.221 e. The molecular formula is C20H26N2O3. The minimum absolute atomic E-state index is 0.0229. The van der Waals surface area contributed by atoms with Crippen LogP contribution in [0.25, 0.3) is 0 Å². The van der Waals surface area contributed by atoms with Gasteiger partial charge in [-0.1, -0.05) is 29.8 Å². The first-order valence-electron chi connectivity index (χ1n) is 8.47. The second-order valence-electron chi connectivity index (χ2n) is 5.79. The maximum absolute atomic E-state index is 11.8. The van der Waals surface area contributed by atoms with Gasteiger partial charge in [0.05, 0.1) is 13.7 Å². The van der Waals surface area contributed by atoms with Crippen LogP contribution in [0.3, 0.4) is 0 Å². The molecule has 5 nitrogen and oxygen atoms in total. The van der Waals surface area contributed by atoms with E-state index in [1.54, 1.807) is 7.11 Å². The summed E-state index contributed by atoms with van der Waals surface area (Å²) in [6, 6.07) is 15.7. The average Bonchev–Trinajstić information content (AvgIpc) is 2.64. The van der Waals surface area contributed by atoms with E-state index in [4.69, 9.17) is 9.47 Å². The van der Waals surface area contributed by atoms with Crippen LogP contribution in [0, 0.1) is 6.92 Å². The molecule has 0 aliphatic heterocycles. The molecule has 2 N–H and O–H groups in total. The van der Waals surface area contributed by atoms with Gasteiger partial charge in [0.15, 0.2) is 0 Å². The van der Waals surface area contributed by atoms with Gasteiger partial charge in [-0.05, 0) is 36.8 Å². The zero-order valence-corrected chi connectivity index (χ0v) is 14.9. The van der Waals surface area contributed by atoms with Crippen molar-refractivity contribution in [3.05, 3.63) is 59.7 Å². The summed E-state index contributed by atoms with van der Waals surface area (Å²) in [4.78, 5) is 11.8. The van der Waals surface area contributed by atoms with E-state index in [-0.39, 0.29) is 5.91 Å². The molecule has 0 aromatic heterocycles. The van der Waals surface area contributed by atoms with Gasteiger partial charge in [0.25, 0.3) is 0 Å². The summed E-state index contributed by atoms with van der Waals surface area (Å²) in [7, 11) is 1.63. The fourth-order valence-corrected chi connectivity index (χ4v) is 2.26. The Kier molecular flexibility index (Phi) is 7.79. The summed E-state index contributed by atoms with van der Waals surface area (Å²) >= 11 is 0. The van der Waals surface area contributed by atoms with Gasteiger partial charge < -0.3 is 20.1 Å². The molecule has 134 valence electrons. The Bertz CT molecular complexity index is 639. The summed E-state index contributed by atoms with van der Waals surface area (Å²) < 4.78 is 10.7. The molecule has 2 aromatic carbocycles. The van der Waals surface area contributed by atoms with E-state index < -0.39 is 0 Å². The monoisotopic (exact) mass is 342 g/mol. The Morgan fingerprint density at radius 3 is 2.32 bits per heavy atom. The normalized spacial score (nSPS) is 10.3. The Balaban J connectivity index is 1.52. The molecule has 0 saturated heterocycles. The molecule has 0 aliphatic rings. The third-order valence-corrected chi connectivity index (χ3v) is 3.73. The summed E-state index contributed by atoms with van der Waals surface area (Å²) in [6.45, 7) is 4.42. The molecule has 0 unspecified atom stereocenters. The number of carbonyl (C=O) groups is 1. The molecule has 5 heteroatoms. The van der Waals surface area contributed by atoms with Crippen LogP contribution in [0.5, 0.6) is 11.5 Å². The lowest BCUT2D eigenvalue weighted by Crippen LogP contribution is -2.30. The number of rotatable bonds is 10. The van der Waals surface area contributed by atoms with Crippen LogP contribution in [0.4, 0.5) is 0 Å².